The zero-order valence-corrected chi connectivity index (χ0v) is 18.6. The molecule has 2 N–H and O–H groups in total. The quantitative estimate of drug-likeness (QED) is 0.690. The summed E-state index contributed by atoms with van der Waals surface area (Å²) in [6.07, 6.45) is 2.20. The third-order valence-electron chi connectivity index (χ3n) is 5.10. The van der Waals surface area contributed by atoms with Gasteiger partial charge in [-0.2, -0.15) is 4.72 Å². The summed E-state index contributed by atoms with van der Waals surface area (Å²) in [6.45, 7) is 5.70. The van der Waals surface area contributed by atoms with Crippen LogP contribution in [0.4, 0.5) is 11.4 Å². The third kappa shape index (κ3) is 5.80. The van der Waals surface area contributed by atoms with Crippen molar-refractivity contribution in [2.45, 2.75) is 33.2 Å². The van der Waals surface area contributed by atoms with Crippen molar-refractivity contribution in [1.29, 1.82) is 0 Å². The van der Waals surface area contributed by atoms with Crippen molar-refractivity contribution in [2.24, 2.45) is 5.92 Å². The molecule has 8 heteroatoms. The first-order chi connectivity index (χ1) is 14.7. The maximum Gasteiger partial charge on any atom is 0.242 e. The normalized spacial score (nSPS) is 14.6. The van der Waals surface area contributed by atoms with E-state index in [1.54, 1.807) is 43.0 Å². The summed E-state index contributed by atoms with van der Waals surface area (Å²) in [5.41, 5.74) is 3.13. The van der Waals surface area contributed by atoms with Gasteiger partial charge < -0.3 is 10.2 Å². The fourth-order valence-corrected chi connectivity index (χ4v) is 4.62. The van der Waals surface area contributed by atoms with E-state index in [0.29, 0.717) is 18.7 Å². The first-order valence-corrected chi connectivity index (χ1v) is 11.7. The highest BCUT2D eigenvalue weighted by molar-refractivity contribution is 7.92. The average molecular weight is 442 g/mol. The van der Waals surface area contributed by atoms with Crippen LogP contribution in [0.3, 0.4) is 0 Å². The van der Waals surface area contributed by atoms with Crippen LogP contribution in [0.1, 0.15) is 31.9 Å². The molecule has 0 aliphatic carbocycles. The Bertz CT molecular complexity index is 1100. The molecule has 1 aliphatic rings. The number of nitrogens with zero attached hydrogens (tertiary/aromatic N) is 1. The smallest absolute Gasteiger partial charge is 0.242 e. The summed E-state index contributed by atoms with van der Waals surface area (Å²) < 4.78 is 27.5. The van der Waals surface area contributed by atoms with E-state index in [4.69, 9.17) is 0 Å². The molecule has 0 saturated heterocycles. The molecular formula is C23H27N3O4S. The van der Waals surface area contributed by atoms with Gasteiger partial charge in [0.1, 0.15) is 6.04 Å². The Balaban J connectivity index is 1.71. The molecule has 31 heavy (non-hydrogen) atoms. The molecule has 0 fully saturated rings. The number of fused-ring (bicyclic) bond motifs is 1. The molecule has 0 aromatic heterocycles. The fourth-order valence-electron chi connectivity index (χ4n) is 3.47. The van der Waals surface area contributed by atoms with Crippen LogP contribution in [0, 0.1) is 5.92 Å². The van der Waals surface area contributed by atoms with Gasteiger partial charge in [-0.05, 0) is 47.7 Å². The number of benzene rings is 2. The van der Waals surface area contributed by atoms with E-state index < -0.39 is 22.0 Å². The van der Waals surface area contributed by atoms with Gasteiger partial charge in [0.2, 0.25) is 21.8 Å². The van der Waals surface area contributed by atoms with Crippen LogP contribution in [0.2, 0.25) is 0 Å². The van der Waals surface area contributed by atoms with Crippen LogP contribution >= 0.6 is 0 Å². The van der Waals surface area contributed by atoms with Crippen molar-refractivity contribution in [2.75, 3.05) is 16.8 Å². The van der Waals surface area contributed by atoms with Crippen molar-refractivity contribution in [3.8, 4) is 0 Å². The summed E-state index contributed by atoms with van der Waals surface area (Å²) in [4.78, 5) is 26.2. The zero-order valence-electron chi connectivity index (χ0n) is 17.8. The molecule has 7 nitrogen and oxygen atoms in total. The Labute approximate surface area is 183 Å². The number of amides is 2. The number of rotatable bonds is 7. The topological polar surface area (TPSA) is 95.6 Å². The number of carbonyl (C=O) groups excluding carboxylic acids is 2. The predicted molar refractivity (Wildman–Crippen MR) is 123 cm³/mol. The monoisotopic (exact) mass is 441 g/mol. The second-order valence-corrected chi connectivity index (χ2v) is 9.45. The van der Waals surface area contributed by atoms with E-state index in [-0.39, 0.29) is 11.8 Å². The number of nitrogens with one attached hydrogen (secondary N) is 2. The van der Waals surface area contributed by atoms with Gasteiger partial charge in [0, 0.05) is 30.3 Å². The summed E-state index contributed by atoms with van der Waals surface area (Å²) in [5.74, 6) is -0.719. The Morgan fingerprint density at radius 2 is 1.81 bits per heavy atom. The lowest BCUT2D eigenvalue weighted by atomic mass is 10.0. The third-order valence-corrected chi connectivity index (χ3v) is 6.18. The Morgan fingerprint density at radius 3 is 2.45 bits per heavy atom. The number of hydrogen-bond donors (Lipinski definition) is 2. The van der Waals surface area contributed by atoms with Gasteiger partial charge in [0.05, 0.1) is 0 Å². The number of hydrogen-bond acceptors (Lipinski definition) is 4. The minimum absolute atomic E-state index is 0.0200. The van der Waals surface area contributed by atoms with Gasteiger partial charge in [-0.25, -0.2) is 8.42 Å². The molecule has 164 valence electrons. The lowest BCUT2D eigenvalue weighted by Crippen LogP contribution is -2.46. The summed E-state index contributed by atoms with van der Waals surface area (Å²) in [7, 11) is -3.82. The van der Waals surface area contributed by atoms with Gasteiger partial charge in [-0.1, -0.05) is 44.2 Å². The highest BCUT2D eigenvalue weighted by atomic mass is 32.2. The molecule has 0 spiro atoms. The first kappa shape index (κ1) is 22.7. The molecule has 2 aromatic rings. The summed E-state index contributed by atoms with van der Waals surface area (Å²) in [5, 5.41) is 3.87. The fraction of sp³-hybridized carbons (Fsp3) is 0.304. The number of carbonyl (C=O) groups is 2. The van der Waals surface area contributed by atoms with Gasteiger partial charge in [0.15, 0.2) is 0 Å². The number of anilines is 2. The van der Waals surface area contributed by atoms with Crippen LogP contribution in [0.25, 0.3) is 6.08 Å². The minimum Gasteiger partial charge on any atom is -0.325 e. The average Bonchev–Trinajstić information content (AvgIpc) is 3.15. The first-order valence-electron chi connectivity index (χ1n) is 10.1. The molecule has 0 bridgehead atoms. The van der Waals surface area contributed by atoms with Crippen molar-refractivity contribution < 1.29 is 18.0 Å². The molecule has 1 unspecified atom stereocenters. The van der Waals surface area contributed by atoms with Gasteiger partial charge in [-0.15, -0.1) is 0 Å². The van der Waals surface area contributed by atoms with E-state index in [1.807, 2.05) is 24.3 Å². The minimum atomic E-state index is -3.82. The highest BCUT2D eigenvalue weighted by Crippen LogP contribution is 2.30. The Kier molecular flexibility index (Phi) is 6.92. The maximum absolute atomic E-state index is 12.9. The molecule has 2 aromatic carbocycles. The largest absolute Gasteiger partial charge is 0.325 e. The molecule has 1 heterocycles. The van der Waals surface area contributed by atoms with Crippen LogP contribution in [0.15, 0.2) is 53.9 Å². The lowest BCUT2D eigenvalue weighted by molar-refractivity contribution is -0.118. The summed E-state index contributed by atoms with van der Waals surface area (Å²) in [6, 6.07) is 13.5. The summed E-state index contributed by atoms with van der Waals surface area (Å²) >= 11 is 0. The van der Waals surface area contributed by atoms with E-state index in [2.05, 4.69) is 10.0 Å². The van der Waals surface area contributed by atoms with Crippen molar-refractivity contribution in [3.05, 3.63) is 65.1 Å². The lowest BCUT2D eigenvalue weighted by Gasteiger charge is -2.21. The Hall–Kier alpha value is -2.97. The standard InChI is InChI=1S/C23H27N3O4S/c1-16(2)22(25-31(29,30)14-12-18-7-5-4-6-8-18)23(28)24-20-9-10-21-19(15-20)11-13-26(21)17(3)27/h4-10,12,14-16,22,25H,11,13H2,1-3H3,(H,24,28)/b14-12+. The predicted octanol–water partition coefficient (Wildman–Crippen LogP) is 3.15. The molecule has 1 atom stereocenters. The molecule has 0 radical (unpaired) electrons. The van der Waals surface area contributed by atoms with E-state index in [9.17, 15) is 18.0 Å². The van der Waals surface area contributed by atoms with Gasteiger partial charge in [-0.3, -0.25) is 9.59 Å². The van der Waals surface area contributed by atoms with E-state index in [0.717, 1.165) is 22.2 Å². The zero-order chi connectivity index (χ0) is 22.6. The van der Waals surface area contributed by atoms with Gasteiger partial charge in [0.25, 0.3) is 0 Å². The SMILES string of the molecule is CC(=O)N1CCc2cc(NC(=O)C(NS(=O)(=O)/C=C/c3ccccc3)C(C)C)ccc21. The van der Waals surface area contributed by atoms with E-state index in [1.165, 1.54) is 13.0 Å². The second-order valence-electron chi connectivity index (χ2n) is 7.85. The molecular weight excluding hydrogens is 414 g/mol. The van der Waals surface area contributed by atoms with Crippen LogP contribution in [0.5, 0.6) is 0 Å². The molecule has 2 amide bonds. The van der Waals surface area contributed by atoms with Crippen molar-refractivity contribution >= 4 is 39.3 Å². The molecule has 3 rings (SSSR count). The maximum atomic E-state index is 12.9. The van der Waals surface area contributed by atoms with Crippen molar-refractivity contribution in [1.82, 2.24) is 4.72 Å². The van der Waals surface area contributed by atoms with Crippen molar-refractivity contribution in [3.63, 3.8) is 0 Å². The van der Waals surface area contributed by atoms with Crippen LogP contribution in [-0.2, 0) is 26.0 Å². The molecule has 1 aliphatic heterocycles. The van der Waals surface area contributed by atoms with Gasteiger partial charge >= 0.3 is 0 Å². The number of sulfonamides is 1. The highest BCUT2D eigenvalue weighted by Gasteiger charge is 2.27. The second kappa shape index (κ2) is 9.45. The van der Waals surface area contributed by atoms with Crippen LogP contribution in [-0.4, -0.2) is 32.8 Å². The van der Waals surface area contributed by atoms with E-state index >= 15 is 0 Å². The van der Waals surface area contributed by atoms with Crippen LogP contribution < -0.4 is 14.9 Å². The molecule has 0 saturated carbocycles. The Morgan fingerprint density at radius 1 is 1.10 bits per heavy atom.